The summed E-state index contributed by atoms with van der Waals surface area (Å²) in [5.74, 6) is 0.173. The van der Waals surface area contributed by atoms with Gasteiger partial charge >= 0.3 is 0 Å². The van der Waals surface area contributed by atoms with Crippen molar-refractivity contribution in [2.75, 3.05) is 5.73 Å². The Morgan fingerprint density at radius 2 is 1.47 bits per heavy atom. The van der Waals surface area contributed by atoms with E-state index in [0.717, 1.165) is 36.8 Å². The Labute approximate surface area is 215 Å². The molecule has 1 aromatic carbocycles. The first-order chi connectivity index (χ1) is 17.5. The Hall–Kier alpha value is -2.89. The van der Waals surface area contributed by atoms with Crippen LogP contribution < -0.4 is 16.8 Å². The van der Waals surface area contributed by atoms with Crippen molar-refractivity contribution in [2.24, 2.45) is 35.3 Å². The van der Waals surface area contributed by atoms with Crippen molar-refractivity contribution in [2.45, 2.75) is 77.2 Å². The summed E-state index contributed by atoms with van der Waals surface area (Å²) in [4.78, 5) is 31.3. The van der Waals surface area contributed by atoms with Gasteiger partial charge in [-0.3, -0.25) is 9.59 Å². The highest BCUT2D eigenvalue weighted by Crippen LogP contribution is 2.46. The second-order valence-corrected chi connectivity index (χ2v) is 10.9. The molecular weight excluding hydrogens is 448 g/mol. The highest BCUT2D eigenvalue weighted by molar-refractivity contribution is 5.87. The molecule has 2 amide bonds. The standard InChI is InChI=1S/C30H42N4O2/c31-26-17-16-22(19-33-26)20-34-30(36)28(25(29(32)35)18-21-10-4-1-5-11-21)27(23-12-6-2-7-13-23)24-14-8-3-9-15-24/h1,4-5,10-11,16-17,19,23-25,27-28H,2-3,6-9,12-15,18,20H2,(H2,31,33)(H2,32,35)(H,34,36)/t25?,28-/m0/s1. The number of hydrogen-bond acceptors (Lipinski definition) is 4. The number of nitrogen functional groups attached to an aromatic ring is 1. The first-order valence-electron chi connectivity index (χ1n) is 13.8. The molecule has 6 nitrogen and oxygen atoms in total. The van der Waals surface area contributed by atoms with E-state index in [9.17, 15) is 9.59 Å². The van der Waals surface area contributed by atoms with Crippen molar-refractivity contribution in [3.8, 4) is 0 Å². The number of primary amides is 1. The molecule has 0 bridgehead atoms. The molecule has 6 heteroatoms. The third kappa shape index (κ3) is 6.86. The number of amides is 2. The number of aromatic nitrogens is 1. The second-order valence-electron chi connectivity index (χ2n) is 10.9. The number of carbonyl (C=O) groups excluding carboxylic acids is 2. The summed E-state index contributed by atoms with van der Waals surface area (Å²) in [5, 5.41) is 3.17. The van der Waals surface area contributed by atoms with Gasteiger partial charge in [0.15, 0.2) is 0 Å². The van der Waals surface area contributed by atoms with E-state index >= 15 is 0 Å². The molecule has 0 saturated heterocycles. The van der Waals surface area contributed by atoms with Crippen molar-refractivity contribution < 1.29 is 9.59 Å². The van der Waals surface area contributed by atoms with E-state index in [1.165, 1.54) is 38.5 Å². The van der Waals surface area contributed by atoms with Crippen LogP contribution in [-0.4, -0.2) is 16.8 Å². The molecular formula is C30H42N4O2. The molecule has 2 fully saturated rings. The molecule has 1 heterocycles. The number of rotatable bonds is 10. The second kappa shape index (κ2) is 12.9. The van der Waals surface area contributed by atoms with E-state index in [1.807, 2.05) is 36.4 Å². The van der Waals surface area contributed by atoms with Crippen molar-refractivity contribution >= 4 is 17.6 Å². The van der Waals surface area contributed by atoms with Crippen LogP contribution in [0.15, 0.2) is 48.7 Å². The number of nitrogens with zero attached hydrogens (tertiary/aromatic N) is 1. The lowest BCUT2D eigenvalue weighted by molar-refractivity contribution is -0.138. The topological polar surface area (TPSA) is 111 Å². The first kappa shape index (κ1) is 26.2. The molecule has 2 aromatic rings. The zero-order valence-corrected chi connectivity index (χ0v) is 21.4. The highest BCUT2D eigenvalue weighted by atomic mass is 16.2. The number of benzene rings is 1. The maximum absolute atomic E-state index is 14.1. The number of nitrogens with one attached hydrogen (secondary N) is 1. The van der Waals surface area contributed by atoms with Gasteiger partial charge in [0.2, 0.25) is 11.8 Å². The fourth-order valence-electron chi connectivity index (χ4n) is 6.76. The molecule has 2 aliphatic carbocycles. The van der Waals surface area contributed by atoms with Gasteiger partial charge in [-0.2, -0.15) is 0 Å². The van der Waals surface area contributed by atoms with Gasteiger partial charge in [0.25, 0.3) is 0 Å². The fourth-order valence-corrected chi connectivity index (χ4v) is 6.76. The molecule has 36 heavy (non-hydrogen) atoms. The summed E-state index contributed by atoms with van der Waals surface area (Å²) < 4.78 is 0. The molecule has 1 unspecified atom stereocenters. The summed E-state index contributed by atoms with van der Waals surface area (Å²) in [6.45, 7) is 0.363. The van der Waals surface area contributed by atoms with Gasteiger partial charge in [-0.15, -0.1) is 0 Å². The summed E-state index contributed by atoms with van der Waals surface area (Å²) in [5.41, 5.74) is 13.8. The highest BCUT2D eigenvalue weighted by Gasteiger charge is 2.45. The Morgan fingerprint density at radius 3 is 2.00 bits per heavy atom. The molecule has 1 aromatic heterocycles. The zero-order valence-electron chi connectivity index (χ0n) is 21.4. The predicted octanol–water partition coefficient (Wildman–Crippen LogP) is 5.02. The van der Waals surface area contributed by atoms with Crippen LogP contribution in [0.5, 0.6) is 0 Å². The summed E-state index contributed by atoms with van der Waals surface area (Å²) >= 11 is 0. The van der Waals surface area contributed by atoms with Crippen LogP contribution in [0.2, 0.25) is 0 Å². The Morgan fingerprint density at radius 1 is 0.861 bits per heavy atom. The van der Waals surface area contributed by atoms with Crippen molar-refractivity contribution in [1.82, 2.24) is 10.3 Å². The lowest BCUT2D eigenvalue weighted by Crippen LogP contribution is -2.49. The average Bonchev–Trinajstić information content (AvgIpc) is 2.91. The van der Waals surface area contributed by atoms with E-state index in [1.54, 1.807) is 12.3 Å². The van der Waals surface area contributed by atoms with Gasteiger partial charge in [0.05, 0.1) is 11.8 Å². The SMILES string of the molecule is NC(=O)C(Cc1ccccc1)[C@H](C(=O)NCc1ccc(N)nc1)C(C1CCCCC1)C1CCCCC1. The third-order valence-electron chi connectivity index (χ3n) is 8.52. The number of pyridine rings is 1. The van der Waals surface area contributed by atoms with Crippen LogP contribution in [-0.2, 0) is 22.6 Å². The summed E-state index contributed by atoms with van der Waals surface area (Å²) in [6.07, 6.45) is 14.1. The molecule has 0 radical (unpaired) electrons. The van der Waals surface area contributed by atoms with Gasteiger partial charge in [0.1, 0.15) is 5.82 Å². The Kier molecular flexibility index (Phi) is 9.37. The van der Waals surface area contributed by atoms with Gasteiger partial charge in [-0.05, 0) is 41.4 Å². The minimum atomic E-state index is -0.536. The van der Waals surface area contributed by atoms with E-state index in [2.05, 4.69) is 10.3 Å². The lowest BCUT2D eigenvalue weighted by Gasteiger charge is -2.44. The molecule has 0 aliphatic heterocycles. The monoisotopic (exact) mass is 490 g/mol. The van der Waals surface area contributed by atoms with E-state index in [4.69, 9.17) is 11.5 Å². The molecule has 2 atom stereocenters. The van der Waals surface area contributed by atoms with Crippen LogP contribution in [0.25, 0.3) is 0 Å². The fraction of sp³-hybridized carbons (Fsp3) is 0.567. The molecule has 2 saturated carbocycles. The quantitative estimate of drug-likeness (QED) is 0.434. The van der Waals surface area contributed by atoms with Crippen molar-refractivity contribution in [1.29, 1.82) is 0 Å². The molecule has 194 valence electrons. The summed E-state index contributed by atoms with van der Waals surface area (Å²) in [7, 11) is 0. The van der Waals surface area contributed by atoms with Gasteiger partial charge < -0.3 is 16.8 Å². The van der Waals surface area contributed by atoms with E-state index in [-0.39, 0.29) is 17.7 Å². The van der Waals surface area contributed by atoms with Crippen LogP contribution in [0.4, 0.5) is 5.82 Å². The van der Waals surface area contributed by atoms with Crippen LogP contribution >= 0.6 is 0 Å². The van der Waals surface area contributed by atoms with Gasteiger partial charge in [0, 0.05) is 12.7 Å². The van der Waals surface area contributed by atoms with Gasteiger partial charge in [-0.25, -0.2) is 4.98 Å². The van der Waals surface area contributed by atoms with Crippen molar-refractivity contribution in [3.63, 3.8) is 0 Å². The summed E-state index contributed by atoms with van der Waals surface area (Å²) in [6, 6.07) is 13.6. The maximum Gasteiger partial charge on any atom is 0.224 e. The normalized spacial score (nSPS) is 19.0. The van der Waals surface area contributed by atoms with Crippen LogP contribution in [0.3, 0.4) is 0 Å². The maximum atomic E-state index is 14.1. The largest absolute Gasteiger partial charge is 0.384 e. The Bertz CT molecular complexity index is 948. The zero-order chi connectivity index (χ0) is 25.3. The number of hydrogen-bond donors (Lipinski definition) is 3. The number of anilines is 1. The number of nitrogens with two attached hydrogens (primary N) is 2. The predicted molar refractivity (Wildman–Crippen MR) is 143 cm³/mol. The number of carbonyl (C=O) groups is 2. The van der Waals surface area contributed by atoms with E-state index in [0.29, 0.717) is 30.6 Å². The smallest absolute Gasteiger partial charge is 0.224 e. The molecule has 5 N–H and O–H groups in total. The molecule has 0 spiro atoms. The van der Waals surface area contributed by atoms with Crippen molar-refractivity contribution in [3.05, 3.63) is 59.8 Å². The first-order valence-corrected chi connectivity index (χ1v) is 13.8. The lowest BCUT2D eigenvalue weighted by atomic mass is 9.61. The van der Waals surface area contributed by atoms with Crippen LogP contribution in [0, 0.1) is 29.6 Å². The van der Waals surface area contributed by atoms with E-state index < -0.39 is 11.8 Å². The minimum absolute atomic E-state index is 0.0484. The molecule has 4 rings (SSSR count). The minimum Gasteiger partial charge on any atom is -0.384 e. The third-order valence-corrected chi connectivity index (χ3v) is 8.52. The average molecular weight is 491 g/mol. The van der Waals surface area contributed by atoms with Crippen LogP contribution in [0.1, 0.15) is 75.3 Å². The van der Waals surface area contributed by atoms with Gasteiger partial charge in [-0.1, -0.05) is 101 Å². The molecule has 2 aliphatic rings. The Balaban J connectivity index is 1.66.